The van der Waals surface area contributed by atoms with Gasteiger partial charge in [-0.3, -0.25) is 15.0 Å². The molecule has 4 N–H and O–H groups in total. The lowest BCUT2D eigenvalue weighted by molar-refractivity contribution is -0.138. The molecule has 170 valence electrons. The van der Waals surface area contributed by atoms with E-state index in [0.29, 0.717) is 25.9 Å². The van der Waals surface area contributed by atoms with E-state index in [0.717, 1.165) is 28.9 Å². The maximum atomic E-state index is 12.7. The zero-order valence-corrected chi connectivity index (χ0v) is 18.1. The number of carbonyl (C=O) groups excluding carboxylic acids is 2. The van der Waals surface area contributed by atoms with E-state index in [-0.39, 0.29) is 18.7 Å². The van der Waals surface area contributed by atoms with Gasteiger partial charge in [-0.05, 0) is 55.0 Å². The summed E-state index contributed by atoms with van der Waals surface area (Å²) in [6.07, 6.45) is 3.89. The summed E-state index contributed by atoms with van der Waals surface area (Å²) in [7, 11) is 0. The standard InChI is InChI=1S/C23H29N5O4/c1-16-9-12-25-20(14-16)24-11-5-4-8-21(29)26-27-23(32)28-13-10-17-6-2-3-7-18(17)19(28)15-22(30)31/h2-3,6-7,9,12,14,19H,4-5,8,10-11,13,15H2,1H3,(H,24,25)(H,26,29)(H,27,32)(H,30,31). The summed E-state index contributed by atoms with van der Waals surface area (Å²) in [4.78, 5) is 41.8. The number of hydrogen-bond acceptors (Lipinski definition) is 5. The smallest absolute Gasteiger partial charge is 0.336 e. The minimum atomic E-state index is -0.983. The van der Waals surface area contributed by atoms with Crippen LogP contribution in [-0.2, 0) is 16.0 Å². The highest BCUT2D eigenvalue weighted by atomic mass is 16.4. The molecule has 3 amide bonds. The number of aliphatic carboxylic acids is 1. The van der Waals surface area contributed by atoms with E-state index < -0.39 is 18.0 Å². The van der Waals surface area contributed by atoms with Crippen molar-refractivity contribution < 1.29 is 19.5 Å². The monoisotopic (exact) mass is 439 g/mol. The first kappa shape index (κ1) is 23.1. The van der Waals surface area contributed by atoms with Crippen LogP contribution in [0, 0.1) is 6.92 Å². The molecule has 9 nitrogen and oxygen atoms in total. The van der Waals surface area contributed by atoms with Gasteiger partial charge in [0.05, 0.1) is 12.5 Å². The number of nitrogens with zero attached hydrogens (tertiary/aromatic N) is 2. The predicted octanol–water partition coefficient (Wildman–Crippen LogP) is 2.79. The Kier molecular flexibility index (Phi) is 8.02. The van der Waals surface area contributed by atoms with Gasteiger partial charge in [0.1, 0.15) is 5.82 Å². The number of carboxylic acid groups (broad SMARTS) is 1. The van der Waals surface area contributed by atoms with Crippen molar-refractivity contribution in [1.29, 1.82) is 0 Å². The van der Waals surface area contributed by atoms with Gasteiger partial charge in [0.2, 0.25) is 5.91 Å². The number of unbranched alkanes of at least 4 members (excludes halogenated alkanes) is 1. The van der Waals surface area contributed by atoms with Crippen molar-refractivity contribution >= 4 is 23.7 Å². The van der Waals surface area contributed by atoms with E-state index in [2.05, 4.69) is 21.2 Å². The van der Waals surface area contributed by atoms with Gasteiger partial charge in [0.15, 0.2) is 0 Å². The van der Waals surface area contributed by atoms with Gasteiger partial charge in [-0.15, -0.1) is 0 Å². The number of pyridine rings is 1. The highest BCUT2D eigenvalue weighted by molar-refractivity contribution is 5.82. The summed E-state index contributed by atoms with van der Waals surface area (Å²) in [5.74, 6) is -0.469. The molecule has 0 spiro atoms. The fourth-order valence-electron chi connectivity index (χ4n) is 3.80. The van der Waals surface area contributed by atoms with Gasteiger partial charge < -0.3 is 15.3 Å². The second-order valence-corrected chi connectivity index (χ2v) is 7.84. The minimum absolute atomic E-state index is 0.193. The Labute approximate surface area is 187 Å². The van der Waals surface area contributed by atoms with Gasteiger partial charge in [-0.1, -0.05) is 24.3 Å². The average molecular weight is 440 g/mol. The molecular formula is C23H29N5O4. The van der Waals surface area contributed by atoms with Gasteiger partial charge in [0.25, 0.3) is 0 Å². The number of hydrazine groups is 1. The normalized spacial score (nSPS) is 14.9. The fourth-order valence-corrected chi connectivity index (χ4v) is 3.80. The Balaban J connectivity index is 1.42. The van der Waals surface area contributed by atoms with Gasteiger partial charge in [-0.25, -0.2) is 15.2 Å². The predicted molar refractivity (Wildman–Crippen MR) is 120 cm³/mol. The largest absolute Gasteiger partial charge is 0.481 e. The molecule has 0 fully saturated rings. The third-order valence-corrected chi connectivity index (χ3v) is 5.40. The fraction of sp³-hybridized carbons (Fsp3) is 0.391. The zero-order valence-electron chi connectivity index (χ0n) is 18.1. The third-order valence-electron chi connectivity index (χ3n) is 5.40. The first-order valence-corrected chi connectivity index (χ1v) is 10.8. The summed E-state index contributed by atoms with van der Waals surface area (Å²) < 4.78 is 0. The highest BCUT2D eigenvalue weighted by Crippen LogP contribution is 2.32. The van der Waals surface area contributed by atoms with Crippen molar-refractivity contribution in [1.82, 2.24) is 20.7 Å². The number of aromatic nitrogens is 1. The highest BCUT2D eigenvalue weighted by Gasteiger charge is 2.32. The van der Waals surface area contributed by atoms with Crippen molar-refractivity contribution in [2.45, 2.75) is 45.1 Å². The molecule has 2 heterocycles. The van der Waals surface area contributed by atoms with Crippen LogP contribution in [0.5, 0.6) is 0 Å². The molecule has 0 aliphatic carbocycles. The third kappa shape index (κ3) is 6.44. The van der Waals surface area contributed by atoms with Crippen molar-refractivity contribution in [3.63, 3.8) is 0 Å². The number of fused-ring (bicyclic) bond motifs is 1. The summed E-state index contributed by atoms with van der Waals surface area (Å²) in [6.45, 7) is 3.08. The van der Waals surface area contributed by atoms with Gasteiger partial charge >= 0.3 is 12.0 Å². The van der Waals surface area contributed by atoms with Crippen LogP contribution in [0.4, 0.5) is 10.6 Å². The summed E-state index contributed by atoms with van der Waals surface area (Å²) in [5.41, 5.74) is 7.86. The summed E-state index contributed by atoms with van der Waals surface area (Å²) >= 11 is 0. The molecule has 0 saturated carbocycles. The van der Waals surface area contributed by atoms with E-state index >= 15 is 0 Å². The lowest BCUT2D eigenvalue weighted by Gasteiger charge is -2.36. The molecule has 1 atom stereocenters. The molecule has 0 bridgehead atoms. The van der Waals surface area contributed by atoms with Crippen LogP contribution in [-0.4, -0.2) is 46.0 Å². The van der Waals surface area contributed by atoms with Gasteiger partial charge in [-0.2, -0.15) is 0 Å². The number of anilines is 1. The Hall–Kier alpha value is -3.62. The first-order chi connectivity index (χ1) is 15.4. The van der Waals surface area contributed by atoms with E-state index in [4.69, 9.17) is 0 Å². The van der Waals surface area contributed by atoms with E-state index in [1.165, 1.54) is 4.90 Å². The molecule has 0 radical (unpaired) electrons. The van der Waals surface area contributed by atoms with Crippen molar-refractivity contribution in [3.8, 4) is 0 Å². The van der Waals surface area contributed by atoms with Crippen LogP contribution >= 0.6 is 0 Å². The van der Waals surface area contributed by atoms with Crippen LogP contribution in [0.3, 0.4) is 0 Å². The number of carboxylic acids is 1. The van der Waals surface area contributed by atoms with Crippen molar-refractivity contribution in [3.05, 3.63) is 59.3 Å². The van der Waals surface area contributed by atoms with Crippen LogP contribution in [0.25, 0.3) is 0 Å². The number of hydrogen-bond donors (Lipinski definition) is 4. The number of carbonyl (C=O) groups is 3. The van der Waals surface area contributed by atoms with Crippen LogP contribution in [0.15, 0.2) is 42.6 Å². The van der Waals surface area contributed by atoms with E-state index in [9.17, 15) is 19.5 Å². The molecule has 3 rings (SSSR count). The van der Waals surface area contributed by atoms with Crippen molar-refractivity contribution in [2.24, 2.45) is 0 Å². The second kappa shape index (κ2) is 11.1. The number of rotatable bonds is 8. The Morgan fingerprint density at radius 2 is 1.97 bits per heavy atom. The maximum absolute atomic E-state index is 12.7. The molecule has 1 aromatic heterocycles. The topological polar surface area (TPSA) is 124 Å². The minimum Gasteiger partial charge on any atom is -0.481 e. The number of benzene rings is 1. The molecule has 32 heavy (non-hydrogen) atoms. The van der Waals surface area contributed by atoms with E-state index in [1.807, 2.05) is 43.3 Å². The molecule has 1 aliphatic rings. The summed E-state index contributed by atoms with van der Waals surface area (Å²) in [5, 5.41) is 12.5. The Morgan fingerprint density at radius 1 is 1.16 bits per heavy atom. The summed E-state index contributed by atoms with van der Waals surface area (Å²) in [6, 6.07) is 10.3. The second-order valence-electron chi connectivity index (χ2n) is 7.84. The Bertz CT molecular complexity index is 965. The molecule has 1 aliphatic heterocycles. The SMILES string of the molecule is Cc1ccnc(NCCCCC(=O)NNC(=O)N2CCc3ccccc3C2CC(=O)O)c1. The van der Waals surface area contributed by atoms with Gasteiger partial charge in [0, 0.05) is 25.7 Å². The molecule has 9 heteroatoms. The lowest BCUT2D eigenvalue weighted by atomic mass is 9.91. The molecule has 2 aromatic rings. The lowest BCUT2D eigenvalue weighted by Crippen LogP contribution is -2.52. The number of amides is 3. The number of aryl methyl sites for hydroxylation is 1. The van der Waals surface area contributed by atoms with Crippen LogP contribution in [0.1, 0.15) is 48.4 Å². The average Bonchev–Trinajstić information content (AvgIpc) is 2.77. The first-order valence-electron chi connectivity index (χ1n) is 10.8. The van der Waals surface area contributed by atoms with E-state index in [1.54, 1.807) is 6.20 Å². The maximum Gasteiger partial charge on any atom is 0.336 e. The molecule has 1 aromatic carbocycles. The Morgan fingerprint density at radius 3 is 2.75 bits per heavy atom. The van der Waals surface area contributed by atoms with Crippen molar-refractivity contribution in [2.75, 3.05) is 18.4 Å². The number of urea groups is 1. The zero-order chi connectivity index (χ0) is 22.9. The quantitative estimate of drug-likeness (QED) is 0.370. The van der Waals surface area contributed by atoms with Crippen LogP contribution < -0.4 is 16.2 Å². The molecule has 1 unspecified atom stereocenters. The number of nitrogens with one attached hydrogen (secondary N) is 3. The molecular weight excluding hydrogens is 410 g/mol. The molecule has 0 saturated heterocycles. The van der Waals surface area contributed by atoms with Crippen LogP contribution in [0.2, 0.25) is 0 Å².